The highest BCUT2D eigenvalue weighted by Crippen LogP contribution is 2.17. The van der Waals surface area contributed by atoms with Gasteiger partial charge in [-0.25, -0.2) is 0 Å². The minimum atomic E-state index is 0.455. The Balaban J connectivity index is 1.94. The van der Waals surface area contributed by atoms with Gasteiger partial charge in [0, 0.05) is 31.4 Å². The number of aromatic nitrogens is 1. The van der Waals surface area contributed by atoms with Crippen LogP contribution in [0.3, 0.4) is 0 Å². The van der Waals surface area contributed by atoms with Gasteiger partial charge in [-0.2, -0.15) is 0 Å². The summed E-state index contributed by atoms with van der Waals surface area (Å²) in [5.74, 6) is 0.455. The predicted octanol–water partition coefficient (Wildman–Crippen LogP) is 2.00. The summed E-state index contributed by atoms with van der Waals surface area (Å²) in [4.78, 5) is 6.64. The maximum absolute atomic E-state index is 5.91. The lowest BCUT2D eigenvalue weighted by Gasteiger charge is -2.25. The fraction of sp³-hybridized carbons (Fsp3) is 0.643. The van der Waals surface area contributed by atoms with Crippen LogP contribution in [0.5, 0.6) is 0 Å². The highest BCUT2D eigenvalue weighted by atomic mass is 15.1. The Morgan fingerprint density at radius 3 is 2.35 bits per heavy atom. The number of hydrogen-bond acceptors (Lipinski definition) is 3. The molecule has 1 aliphatic heterocycles. The van der Waals surface area contributed by atoms with E-state index in [0.717, 1.165) is 13.1 Å². The molecule has 2 N–H and O–H groups in total. The SMILES string of the molecule is NCC(CN1CCCCCC1)c1ccncc1. The fourth-order valence-electron chi connectivity index (χ4n) is 2.58. The minimum Gasteiger partial charge on any atom is -0.330 e. The number of pyridine rings is 1. The monoisotopic (exact) mass is 233 g/mol. The Kier molecular flexibility index (Phi) is 4.95. The quantitative estimate of drug-likeness (QED) is 0.865. The predicted molar refractivity (Wildman–Crippen MR) is 70.9 cm³/mol. The van der Waals surface area contributed by atoms with Crippen molar-refractivity contribution in [3.8, 4) is 0 Å². The first-order valence-corrected chi connectivity index (χ1v) is 6.72. The van der Waals surface area contributed by atoms with Crippen LogP contribution in [-0.4, -0.2) is 36.1 Å². The van der Waals surface area contributed by atoms with Crippen molar-refractivity contribution in [2.45, 2.75) is 31.6 Å². The Bertz CT molecular complexity index is 305. The second-order valence-electron chi connectivity index (χ2n) is 4.93. The van der Waals surface area contributed by atoms with Gasteiger partial charge in [-0.3, -0.25) is 4.98 Å². The second-order valence-corrected chi connectivity index (χ2v) is 4.93. The van der Waals surface area contributed by atoms with E-state index in [4.69, 9.17) is 5.73 Å². The molecule has 2 heterocycles. The first kappa shape index (κ1) is 12.5. The lowest BCUT2D eigenvalue weighted by atomic mass is 10.00. The van der Waals surface area contributed by atoms with Gasteiger partial charge in [-0.05, 0) is 43.6 Å². The van der Waals surface area contributed by atoms with Gasteiger partial charge in [-0.1, -0.05) is 12.8 Å². The number of hydrogen-bond donors (Lipinski definition) is 1. The van der Waals surface area contributed by atoms with Gasteiger partial charge in [0.2, 0.25) is 0 Å². The van der Waals surface area contributed by atoms with Crippen molar-refractivity contribution in [2.75, 3.05) is 26.2 Å². The third-order valence-electron chi connectivity index (χ3n) is 3.64. The maximum atomic E-state index is 5.91. The molecule has 1 aliphatic rings. The van der Waals surface area contributed by atoms with Gasteiger partial charge in [0.15, 0.2) is 0 Å². The van der Waals surface area contributed by atoms with Crippen molar-refractivity contribution in [3.05, 3.63) is 30.1 Å². The van der Waals surface area contributed by atoms with Crippen molar-refractivity contribution in [3.63, 3.8) is 0 Å². The third kappa shape index (κ3) is 3.79. The first-order chi connectivity index (χ1) is 8.40. The summed E-state index contributed by atoms with van der Waals surface area (Å²) in [6, 6.07) is 4.19. The van der Waals surface area contributed by atoms with Crippen LogP contribution in [0.15, 0.2) is 24.5 Å². The molecule has 1 aromatic heterocycles. The molecule has 0 aromatic carbocycles. The van der Waals surface area contributed by atoms with Crippen LogP contribution < -0.4 is 5.73 Å². The zero-order valence-electron chi connectivity index (χ0n) is 10.5. The van der Waals surface area contributed by atoms with Gasteiger partial charge in [0.1, 0.15) is 0 Å². The molecule has 0 bridgehead atoms. The standard InChI is InChI=1S/C14H23N3/c15-11-14(13-5-7-16-8-6-13)12-17-9-3-1-2-4-10-17/h5-8,14H,1-4,9-12,15H2. The molecule has 94 valence electrons. The minimum absolute atomic E-state index is 0.455. The molecule has 2 rings (SSSR count). The summed E-state index contributed by atoms with van der Waals surface area (Å²) in [5.41, 5.74) is 7.24. The second kappa shape index (κ2) is 6.72. The molecule has 1 aromatic rings. The van der Waals surface area contributed by atoms with Crippen LogP contribution in [0.2, 0.25) is 0 Å². The largest absolute Gasteiger partial charge is 0.330 e. The van der Waals surface area contributed by atoms with Crippen molar-refractivity contribution < 1.29 is 0 Å². The summed E-state index contributed by atoms with van der Waals surface area (Å²) in [6.45, 7) is 4.30. The van der Waals surface area contributed by atoms with Crippen LogP contribution in [-0.2, 0) is 0 Å². The van der Waals surface area contributed by atoms with Crippen molar-refractivity contribution >= 4 is 0 Å². The Labute approximate surface area is 104 Å². The number of likely N-dealkylation sites (tertiary alicyclic amines) is 1. The van der Waals surface area contributed by atoms with Crippen LogP contribution in [0.4, 0.5) is 0 Å². The fourth-order valence-corrected chi connectivity index (χ4v) is 2.58. The molecule has 0 radical (unpaired) electrons. The van der Waals surface area contributed by atoms with E-state index >= 15 is 0 Å². The molecular weight excluding hydrogens is 210 g/mol. The Morgan fingerprint density at radius 1 is 1.12 bits per heavy atom. The number of rotatable bonds is 4. The summed E-state index contributed by atoms with van der Waals surface area (Å²) in [5, 5.41) is 0. The van der Waals surface area contributed by atoms with E-state index in [0.29, 0.717) is 5.92 Å². The molecule has 0 spiro atoms. The van der Waals surface area contributed by atoms with Gasteiger partial charge in [-0.15, -0.1) is 0 Å². The lowest BCUT2D eigenvalue weighted by Crippen LogP contribution is -2.32. The molecule has 0 saturated carbocycles. The van der Waals surface area contributed by atoms with Crippen LogP contribution in [0.1, 0.15) is 37.2 Å². The van der Waals surface area contributed by atoms with Crippen molar-refractivity contribution in [1.29, 1.82) is 0 Å². The van der Waals surface area contributed by atoms with E-state index < -0.39 is 0 Å². The Morgan fingerprint density at radius 2 is 1.76 bits per heavy atom. The molecular formula is C14H23N3. The average Bonchev–Trinajstić information content (AvgIpc) is 2.65. The summed E-state index contributed by atoms with van der Waals surface area (Å²) in [7, 11) is 0. The zero-order chi connectivity index (χ0) is 11.9. The van der Waals surface area contributed by atoms with Gasteiger partial charge in [0.05, 0.1) is 0 Å². The van der Waals surface area contributed by atoms with Crippen molar-refractivity contribution in [2.24, 2.45) is 5.73 Å². The van der Waals surface area contributed by atoms with E-state index in [9.17, 15) is 0 Å². The van der Waals surface area contributed by atoms with E-state index in [1.54, 1.807) is 0 Å². The summed E-state index contributed by atoms with van der Waals surface area (Å²) >= 11 is 0. The van der Waals surface area contributed by atoms with E-state index in [1.165, 1.54) is 44.3 Å². The van der Waals surface area contributed by atoms with Crippen LogP contribution in [0, 0.1) is 0 Å². The molecule has 17 heavy (non-hydrogen) atoms. The van der Waals surface area contributed by atoms with Gasteiger partial charge >= 0.3 is 0 Å². The highest BCUT2D eigenvalue weighted by molar-refractivity contribution is 5.16. The van der Waals surface area contributed by atoms with Crippen LogP contribution in [0.25, 0.3) is 0 Å². The molecule has 0 amide bonds. The lowest BCUT2D eigenvalue weighted by molar-refractivity contribution is 0.267. The van der Waals surface area contributed by atoms with E-state index in [2.05, 4.69) is 22.0 Å². The molecule has 3 heteroatoms. The molecule has 1 atom stereocenters. The highest BCUT2D eigenvalue weighted by Gasteiger charge is 2.15. The average molecular weight is 233 g/mol. The first-order valence-electron chi connectivity index (χ1n) is 6.72. The normalized spacial score (nSPS) is 19.8. The molecule has 1 unspecified atom stereocenters. The van der Waals surface area contributed by atoms with Gasteiger partial charge < -0.3 is 10.6 Å². The molecule has 0 aliphatic carbocycles. The molecule has 1 fully saturated rings. The maximum Gasteiger partial charge on any atom is 0.0270 e. The number of nitrogens with zero attached hydrogens (tertiary/aromatic N) is 2. The zero-order valence-corrected chi connectivity index (χ0v) is 10.5. The van der Waals surface area contributed by atoms with Crippen molar-refractivity contribution in [1.82, 2.24) is 9.88 Å². The summed E-state index contributed by atoms with van der Waals surface area (Å²) in [6.07, 6.45) is 9.18. The Hall–Kier alpha value is -0.930. The number of nitrogens with two attached hydrogens (primary N) is 1. The molecule has 1 saturated heterocycles. The van der Waals surface area contributed by atoms with Gasteiger partial charge in [0.25, 0.3) is 0 Å². The van der Waals surface area contributed by atoms with E-state index in [-0.39, 0.29) is 0 Å². The van der Waals surface area contributed by atoms with Crippen LogP contribution >= 0.6 is 0 Å². The third-order valence-corrected chi connectivity index (χ3v) is 3.64. The smallest absolute Gasteiger partial charge is 0.0270 e. The molecule has 3 nitrogen and oxygen atoms in total. The summed E-state index contributed by atoms with van der Waals surface area (Å²) < 4.78 is 0. The topological polar surface area (TPSA) is 42.1 Å². The van der Waals surface area contributed by atoms with E-state index in [1.807, 2.05) is 12.4 Å².